The fourth-order valence-electron chi connectivity index (χ4n) is 1.95. The first-order chi connectivity index (χ1) is 9.35. The van der Waals surface area contributed by atoms with Crippen LogP contribution in [0.15, 0.2) is 29.3 Å². The second-order valence-electron chi connectivity index (χ2n) is 4.35. The highest BCUT2D eigenvalue weighted by Crippen LogP contribution is 2.25. The Morgan fingerprint density at radius 1 is 1.42 bits per heavy atom. The number of guanidine groups is 1. The van der Waals surface area contributed by atoms with E-state index in [9.17, 15) is 0 Å². The Balaban J connectivity index is 1.68. The number of quaternary nitrogens is 1. The molecule has 19 heavy (non-hydrogen) atoms. The number of aliphatic imine (C=N–C) groups is 1. The van der Waals surface area contributed by atoms with Crippen molar-refractivity contribution in [3.63, 3.8) is 0 Å². The Labute approximate surface area is 114 Å². The lowest BCUT2D eigenvalue weighted by atomic mass is 10.3. The number of thiazole rings is 1. The number of nitrogens with zero attached hydrogens (tertiary/aromatic N) is 2. The van der Waals surface area contributed by atoms with Gasteiger partial charge in [-0.25, -0.2) is 4.98 Å². The molecule has 4 N–H and O–H groups in total. The Kier molecular flexibility index (Phi) is 3.58. The summed E-state index contributed by atoms with van der Waals surface area (Å²) < 4.78 is 1.16. The number of nitrogens with one attached hydrogen (secondary N) is 3. The van der Waals surface area contributed by atoms with Gasteiger partial charge in [0.05, 0.1) is 16.8 Å². The highest BCUT2D eigenvalue weighted by Gasteiger charge is 2.15. The van der Waals surface area contributed by atoms with Gasteiger partial charge >= 0.3 is 0 Å². The first-order valence-electron chi connectivity index (χ1n) is 6.20. The Hall–Kier alpha value is -1.70. The third-order valence-electron chi connectivity index (χ3n) is 2.95. The van der Waals surface area contributed by atoms with Crippen LogP contribution in [0.2, 0.25) is 0 Å². The predicted octanol–water partition coefficient (Wildman–Crippen LogP) is -0.540. The SMILES string of the molecule is OCC[NH+]1CN=C(Nc2nc3ccccc3s2)NC1. The summed E-state index contributed by atoms with van der Waals surface area (Å²) in [6, 6.07) is 8.05. The Morgan fingerprint density at radius 2 is 2.32 bits per heavy atom. The van der Waals surface area contributed by atoms with E-state index in [4.69, 9.17) is 5.11 Å². The monoisotopic (exact) mass is 278 g/mol. The first kappa shape index (κ1) is 12.3. The van der Waals surface area contributed by atoms with Gasteiger partial charge in [0.2, 0.25) is 5.96 Å². The van der Waals surface area contributed by atoms with E-state index >= 15 is 0 Å². The fraction of sp³-hybridized carbons (Fsp3) is 0.333. The second-order valence-corrected chi connectivity index (χ2v) is 5.38. The summed E-state index contributed by atoms with van der Waals surface area (Å²) >= 11 is 1.61. The van der Waals surface area contributed by atoms with E-state index in [1.54, 1.807) is 11.3 Å². The number of aliphatic hydroxyl groups excluding tert-OH is 1. The molecule has 2 aromatic rings. The lowest BCUT2D eigenvalue weighted by molar-refractivity contribution is -0.903. The predicted molar refractivity (Wildman–Crippen MR) is 76.5 cm³/mol. The minimum Gasteiger partial charge on any atom is -0.391 e. The molecule has 0 spiro atoms. The zero-order valence-electron chi connectivity index (χ0n) is 10.4. The average molecular weight is 278 g/mol. The average Bonchev–Trinajstić information content (AvgIpc) is 2.83. The number of aliphatic hydroxyl groups is 1. The van der Waals surface area contributed by atoms with Crippen LogP contribution in [0, 0.1) is 0 Å². The molecular formula is C12H16N5OS+. The maximum atomic E-state index is 8.88. The largest absolute Gasteiger partial charge is 0.391 e. The zero-order chi connectivity index (χ0) is 13.1. The molecule has 1 atom stereocenters. The van der Waals surface area contributed by atoms with Gasteiger partial charge in [-0.05, 0) is 12.1 Å². The molecule has 3 rings (SSSR count). The molecule has 0 fully saturated rings. The molecule has 7 heteroatoms. The van der Waals surface area contributed by atoms with Crippen LogP contribution >= 0.6 is 11.3 Å². The van der Waals surface area contributed by atoms with Gasteiger partial charge < -0.3 is 15.7 Å². The van der Waals surface area contributed by atoms with Crippen LogP contribution < -0.4 is 15.5 Å². The van der Waals surface area contributed by atoms with Crippen LogP contribution in [0.1, 0.15) is 0 Å². The van der Waals surface area contributed by atoms with Crippen molar-refractivity contribution in [3.05, 3.63) is 24.3 Å². The number of fused-ring (bicyclic) bond motifs is 1. The molecule has 1 aliphatic rings. The highest BCUT2D eigenvalue weighted by molar-refractivity contribution is 7.22. The van der Waals surface area contributed by atoms with Crippen molar-refractivity contribution in [1.82, 2.24) is 10.3 Å². The number of benzene rings is 1. The molecule has 2 heterocycles. The van der Waals surface area contributed by atoms with Crippen molar-refractivity contribution < 1.29 is 10.0 Å². The highest BCUT2D eigenvalue weighted by atomic mass is 32.1. The summed E-state index contributed by atoms with van der Waals surface area (Å²) in [5.41, 5.74) is 0.999. The van der Waals surface area contributed by atoms with Crippen LogP contribution in [0.3, 0.4) is 0 Å². The maximum Gasteiger partial charge on any atom is 0.206 e. The zero-order valence-corrected chi connectivity index (χ0v) is 11.2. The van der Waals surface area contributed by atoms with E-state index in [0.29, 0.717) is 13.2 Å². The van der Waals surface area contributed by atoms with Crippen molar-refractivity contribution >= 4 is 32.6 Å². The van der Waals surface area contributed by atoms with E-state index in [0.717, 1.165) is 28.0 Å². The van der Waals surface area contributed by atoms with E-state index in [-0.39, 0.29) is 6.61 Å². The number of rotatable bonds is 3. The van der Waals surface area contributed by atoms with Crippen molar-refractivity contribution in [1.29, 1.82) is 0 Å². The normalized spacial score (nSPS) is 19.0. The van der Waals surface area contributed by atoms with Crippen LogP contribution in [0.25, 0.3) is 10.2 Å². The number of hydrogen-bond acceptors (Lipinski definition) is 6. The lowest BCUT2D eigenvalue weighted by Crippen LogP contribution is -3.15. The van der Waals surface area contributed by atoms with Gasteiger partial charge in [0.25, 0.3) is 0 Å². The molecule has 1 aromatic carbocycles. The summed E-state index contributed by atoms with van der Waals surface area (Å²) in [6.45, 7) is 2.33. The van der Waals surface area contributed by atoms with Gasteiger partial charge in [0.15, 0.2) is 18.5 Å². The molecule has 100 valence electrons. The Bertz CT molecular complexity index is 564. The third kappa shape index (κ3) is 2.83. The van der Waals surface area contributed by atoms with Crippen molar-refractivity contribution in [2.75, 3.05) is 31.8 Å². The van der Waals surface area contributed by atoms with E-state index in [1.807, 2.05) is 18.2 Å². The van der Waals surface area contributed by atoms with E-state index < -0.39 is 0 Å². The van der Waals surface area contributed by atoms with Gasteiger partial charge in [-0.1, -0.05) is 23.5 Å². The molecule has 6 nitrogen and oxygen atoms in total. The summed E-state index contributed by atoms with van der Waals surface area (Å²) in [5, 5.41) is 16.1. The van der Waals surface area contributed by atoms with Gasteiger partial charge in [0.1, 0.15) is 6.54 Å². The van der Waals surface area contributed by atoms with Gasteiger partial charge in [0, 0.05) is 0 Å². The van der Waals surface area contributed by atoms with Gasteiger partial charge in [-0.15, -0.1) is 0 Å². The number of para-hydroxylation sites is 1. The lowest BCUT2D eigenvalue weighted by Gasteiger charge is -2.23. The molecule has 0 radical (unpaired) electrons. The summed E-state index contributed by atoms with van der Waals surface area (Å²) in [5.74, 6) is 0.751. The standard InChI is InChI=1S/C12H15N5OS/c18-6-5-17-7-13-11(14-8-17)16-12-15-9-3-1-2-4-10(9)19-12/h1-4,18H,5-8H2,(H2,13,14,15,16)/p+1. The smallest absolute Gasteiger partial charge is 0.206 e. The maximum absolute atomic E-state index is 8.88. The van der Waals surface area contributed by atoms with Crippen molar-refractivity contribution in [3.8, 4) is 0 Å². The van der Waals surface area contributed by atoms with E-state index in [2.05, 4.69) is 26.7 Å². The second kappa shape index (κ2) is 5.52. The topological polar surface area (TPSA) is 74.0 Å². The number of anilines is 1. The van der Waals surface area contributed by atoms with Crippen molar-refractivity contribution in [2.45, 2.75) is 0 Å². The minimum absolute atomic E-state index is 0.188. The number of aromatic nitrogens is 1. The molecule has 0 bridgehead atoms. The van der Waals surface area contributed by atoms with Gasteiger partial charge in [-0.2, -0.15) is 4.99 Å². The summed E-state index contributed by atoms with van der Waals surface area (Å²) in [4.78, 5) is 10.1. The summed E-state index contributed by atoms with van der Waals surface area (Å²) in [6.07, 6.45) is 0. The number of hydrogen-bond donors (Lipinski definition) is 4. The molecule has 1 aromatic heterocycles. The van der Waals surface area contributed by atoms with E-state index in [1.165, 1.54) is 4.90 Å². The van der Waals surface area contributed by atoms with Crippen LogP contribution in [-0.2, 0) is 0 Å². The van der Waals surface area contributed by atoms with Crippen LogP contribution in [0.4, 0.5) is 5.13 Å². The van der Waals surface area contributed by atoms with Crippen LogP contribution in [-0.4, -0.2) is 42.5 Å². The van der Waals surface area contributed by atoms with Gasteiger partial charge in [-0.3, -0.25) is 4.90 Å². The quantitative estimate of drug-likeness (QED) is 0.608. The fourth-order valence-corrected chi connectivity index (χ4v) is 2.81. The minimum atomic E-state index is 0.188. The summed E-state index contributed by atoms with van der Waals surface area (Å²) in [7, 11) is 0. The Morgan fingerprint density at radius 3 is 3.05 bits per heavy atom. The molecule has 1 unspecified atom stereocenters. The molecule has 0 saturated carbocycles. The third-order valence-corrected chi connectivity index (χ3v) is 3.90. The molecule has 1 aliphatic heterocycles. The van der Waals surface area contributed by atoms with Crippen LogP contribution in [0.5, 0.6) is 0 Å². The molecule has 0 aliphatic carbocycles. The molecule has 0 amide bonds. The molecular weight excluding hydrogens is 262 g/mol. The first-order valence-corrected chi connectivity index (χ1v) is 7.02. The molecule has 0 saturated heterocycles. The van der Waals surface area contributed by atoms with Crippen molar-refractivity contribution in [2.24, 2.45) is 4.99 Å².